The van der Waals surface area contributed by atoms with Gasteiger partial charge in [-0.05, 0) is 18.6 Å². The summed E-state index contributed by atoms with van der Waals surface area (Å²) in [6, 6.07) is 4.83. The average molecular weight is 291 g/mol. The Morgan fingerprint density at radius 2 is 2.19 bits per heavy atom. The second kappa shape index (κ2) is 6.65. The Kier molecular flexibility index (Phi) is 4.65. The highest BCUT2D eigenvalue weighted by atomic mass is 19.1. The van der Waals surface area contributed by atoms with Gasteiger partial charge in [-0.2, -0.15) is 0 Å². The molecule has 1 aromatic carbocycles. The predicted octanol–water partition coefficient (Wildman–Crippen LogP) is 3.74. The monoisotopic (exact) mass is 291 g/mol. The van der Waals surface area contributed by atoms with Crippen molar-refractivity contribution in [3.8, 4) is 11.5 Å². The summed E-state index contributed by atoms with van der Waals surface area (Å²) in [6.45, 7) is 2.81. The topological polar surface area (TPSA) is 77.3 Å². The lowest BCUT2D eigenvalue weighted by atomic mass is 10.3. The van der Waals surface area contributed by atoms with Crippen LogP contribution in [0.2, 0.25) is 0 Å². The van der Waals surface area contributed by atoms with E-state index >= 15 is 0 Å². The second-order valence-corrected chi connectivity index (χ2v) is 4.31. The molecule has 0 saturated carbocycles. The quantitative estimate of drug-likeness (QED) is 0.648. The summed E-state index contributed by atoms with van der Waals surface area (Å²) >= 11 is 0. The molecule has 21 heavy (non-hydrogen) atoms. The van der Waals surface area contributed by atoms with Gasteiger partial charge in [0.15, 0.2) is 0 Å². The number of pyridine rings is 1. The van der Waals surface area contributed by atoms with Crippen LogP contribution in [-0.4, -0.2) is 16.5 Å². The van der Waals surface area contributed by atoms with Crippen LogP contribution in [0.25, 0.3) is 0 Å². The Morgan fingerprint density at radius 3 is 2.90 bits per heavy atom. The van der Waals surface area contributed by atoms with Crippen molar-refractivity contribution in [3.05, 3.63) is 52.6 Å². The van der Waals surface area contributed by atoms with Gasteiger partial charge in [0.2, 0.25) is 5.75 Å². The van der Waals surface area contributed by atoms with E-state index in [0.29, 0.717) is 5.75 Å². The highest BCUT2D eigenvalue weighted by molar-refractivity contribution is 5.51. The number of ether oxygens (including phenoxy) is 1. The molecule has 2 rings (SSSR count). The van der Waals surface area contributed by atoms with E-state index in [1.165, 1.54) is 12.3 Å². The summed E-state index contributed by atoms with van der Waals surface area (Å²) in [6.07, 6.45) is 4.01. The fourth-order valence-corrected chi connectivity index (χ4v) is 1.69. The zero-order chi connectivity index (χ0) is 15.2. The number of hydrogen-bond acceptors (Lipinski definition) is 5. The van der Waals surface area contributed by atoms with Gasteiger partial charge >= 0.3 is 5.69 Å². The number of nitrogens with one attached hydrogen (secondary N) is 1. The van der Waals surface area contributed by atoms with E-state index in [1.807, 2.05) is 6.92 Å². The Bertz CT molecular complexity index is 649. The van der Waals surface area contributed by atoms with Gasteiger partial charge in [0.05, 0.1) is 29.1 Å². The smallest absolute Gasteiger partial charge is 0.314 e. The van der Waals surface area contributed by atoms with E-state index in [4.69, 9.17) is 4.74 Å². The van der Waals surface area contributed by atoms with Crippen LogP contribution in [-0.2, 0) is 0 Å². The zero-order valence-corrected chi connectivity index (χ0v) is 11.4. The van der Waals surface area contributed by atoms with E-state index in [1.54, 1.807) is 12.3 Å². The number of halogens is 1. The van der Waals surface area contributed by atoms with E-state index in [9.17, 15) is 14.5 Å². The van der Waals surface area contributed by atoms with Gasteiger partial charge in [-0.15, -0.1) is 0 Å². The Balaban J connectivity index is 2.24. The third-order valence-electron chi connectivity index (χ3n) is 2.64. The Hall–Kier alpha value is -2.70. The van der Waals surface area contributed by atoms with Crippen molar-refractivity contribution >= 4 is 11.4 Å². The molecule has 0 saturated heterocycles. The van der Waals surface area contributed by atoms with Crippen LogP contribution in [0, 0.1) is 15.9 Å². The van der Waals surface area contributed by atoms with Crippen LogP contribution >= 0.6 is 0 Å². The van der Waals surface area contributed by atoms with Gasteiger partial charge in [0, 0.05) is 12.6 Å². The van der Waals surface area contributed by atoms with Crippen LogP contribution in [0.5, 0.6) is 11.5 Å². The fraction of sp³-hybridized carbons (Fsp3) is 0.214. The maximum Gasteiger partial charge on any atom is 0.314 e. The summed E-state index contributed by atoms with van der Waals surface area (Å²) in [7, 11) is 0. The Morgan fingerprint density at radius 1 is 1.38 bits per heavy atom. The van der Waals surface area contributed by atoms with Crippen molar-refractivity contribution in [2.75, 3.05) is 11.9 Å². The van der Waals surface area contributed by atoms with Gasteiger partial charge in [-0.3, -0.25) is 15.1 Å². The Labute approximate surface area is 120 Å². The number of benzene rings is 1. The molecule has 110 valence electrons. The third-order valence-corrected chi connectivity index (χ3v) is 2.64. The van der Waals surface area contributed by atoms with E-state index in [0.717, 1.165) is 30.8 Å². The van der Waals surface area contributed by atoms with E-state index in [-0.39, 0.29) is 5.75 Å². The van der Waals surface area contributed by atoms with Crippen molar-refractivity contribution in [2.24, 2.45) is 0 Å². The number of rotatable bonds is 6. The van der Waals surface area contributed by atoms with Gasteiger partial charge in [-0.25, -0.2) is 4.39 Å². The minimum absolute atomic E-state index is 0.0316. The van der Waals surface area contributed by atoms with Gasteiger partial charge in [0.25, 0.3) is 0 Å². The minimum atomic E-state index is -0.689. The standard InChI is InChI=1S/C14H14FN3O3/c1-2-5-17-11-7-12(9-16-8-11)21-14-4-3-10(15)6-13(14)18(19)20/h3-4,6-9,17H,2,5H2,1H3. The molecule has 0 bridgehead atoms. The first-order valence-electron chi connectivity index (χ1n) is 6.41. The average Bonchev–Trinajstić information content (AvgIpc) is 2.47. The molecular formula is C14H14FN3O3. The SMILES string of the molecule is CCCNc1cncc(Oc2ccc(F)cc2[N+](=O)[O-])c1. The number of nitro benzene ring substituents is 1. The van der Waals surface area contributed by atoms with Crippen LogP contribution < -0.4 is 10.1 Å². The molecule has 0 spiro atoms. The molecule has 0 atom stereocenters. The molecule has 6 nitrogen and oxygen atoms in total. The number of nitro groups is 1. The van der Waals surface area contributed by atoms with E-state index < -0.39 is 16.4 Å². The van der Waals surface area contributed by atoms with Crippen LogP contribution in [0.3, 0.4) is 0 Å². The molecule has 0 unspecified atom stereocenters. The normalized spacial score (nSPS) is 10.2. The number of anilines is 1. The molecule has 1 N–H and O–H groups in total. The van der Waals surface area contributed by atoms with Crippen LogP contribution in [0.4, 0.5) is 15.8 Å². The molecule has 0 aliphatic heterocycles. The molecule has 0 aliphatic rings. The molecule has 0 amide bonds. The first kappa shape index (κ1) is 14.7. The van der Waals surface area contributed by atoms with Crippen molar-refractivity contribution in [3.63, 3.8) is 0 Å². The fourth-order valence-electron chi connectivity index (χ4n) is 1.69. The highest BCUT2D eigenvalue weighted by Crippen LogP contribution is 2.32. The molecule has 0 radical (unpaired) electrons. The minimum Gasteiger partial charge on any atom is -0.448 e. The third kappa shape index (κ3) is 3.88. The highest BCUT2D eigenvalue weighted by Gasteiger charge is 2.17. The number of nitrogens with zero attached hydrogens (tertiary/aromatic N) is 2. The molecule has 1 aromatic heterocycles. The second-order valence-electron chi connectivity index (χ2n) is 4.31. The summed E-state index contributed by atoms with van der Waals surface area (Å²) in [5.74, 6) is -0.382. The molecule has 7 heteroatoms. The van der Waals surface area contributed by atoms with Crippen molar-refractivity contribution in [1.29, 1.82) is 0 Å². The lowest BCUT2D eigenvalue weighted by Gasteiger charge is -2.08. The summed E-state index contributed by atoms with van der Waals surface area (Å²) < 4.78 is 18.5. The van der Waals surface area contributed by atoms with Gasteiger partial charge < -0.3 is 10.1 Å². The van der Waals surface area contributed by atoms with Crippen molar-refractivity contribution < 1.29 is 14.1 Å². The summed E-state index contributed by atoms with van der Waals surface area (Å²) in [4.78, 5) is 14.2. The molecule has 0 aliphatic carbocycles. The van der Waals surface area contributed by atoms with E-state index in [2.05, 4.69) is 10.3 Å². The molecule has 1 heterocycles. The van der Waals surface area contributed by atoms with Crippen molar-refractivity contribution in [2.45, 2.75) is 13.3 Å². The zero-order valence-electron chi connectivity index (χ0n) is 11.4. The molecule has 2 aromatic rings. The maximum atomic E-state index is 13.1. The summed E-state index contributed by atoms with van der Waals surface area (Å²) in [5.41, 5.74) is 0.320. The predicted molar refractivity (Wildman–Crippen MR) is 76.1 cm³/mol. The molecule has 0 fully saturated rings. The number of hydrogen-bond donors (Lipinski definition) is 1. The van der Waals surface area contributed by atoms with Gasteiger partial charge in [0.1, 0.15) is 11.6 Å². The van der Waals surface area contributed by atoms with Crippen molar-refractivity contribution in [1.82, 2.24) is 4.98 Å². The molecular weight excluding hydrogens is 277 g/mol. The lowest BCUT2D eigenvalue weighted by Crippen LogP contribution is -2.00. The lowest BCUT2D eigenvalue weighted by molar-refractivity contribution is -0.385. The number of aromatic nitrogens is 1. The largest absolute Gasteiger partial charge is 0.448 e. The maximum absolute atomic E-state index is 13.1. The van der Waals surface area contributed by atoms with Crippen LogP contribution in [0.1, 0.15) is 13.3 Å². The first-order chi connectivity index (χ1) is 10.1. The van der Waals surface area contributed by atoms with Gasteiger partial charge in [-0.1, -0.05) is 6.92 Å². The summed E-state index contributed by atoms with van der Waals surface area (Å²) in [5, 5.41) is 14.0. The van der Waals surface area contributed by atoms with Crippen LogP contribution in [0.15, 0.2) is 36.7 Å². The first-order valence-corrected chi connectivity index (χ1v) is 6.41.